The molecule has 0 atom stereocenters. The molecule has 2 nitrogen and oxygen atoms in total. The van der Waals surface area contributed by atoms with Crippen LogP contribution >= 0.6 is 23.2 Å². The molecule has 0 unspecified atom stereocenters. The van der Waals surface area contributed by atoms with Gasteiger partial charge in [0.2, 0.25) is 0 Å². The van der Waals surface area contributed by atoms with E-state index in [-0.39, 0.29) is 15.7 Å². The van der Waals surface area contributed by atoms with Crippen molar-refractivity contribution in [3.05, 3.63) is 27.5 Å². The van der Waals surface area contributed by atoms with Crippen LogP contribution in [-0.2, 0) is 6.61 Å². The first-order chi connectivity index (χ1) is 6.06. The van der Waals surface area contributed by atoms with Crippen LogP contribution in [0.1, 0.15) is 17.8 Å². The number of rotatable bonds is 2. The van der Waals surface area contributed by atoms with Crippen molar-refractivity contribution >= 4 is 23.2 Å². The minimum Gasteiger partial charge on any atom is -0.390 e. The Morgan fingerprint density at radius 1 is 1.46 bits per heavy atom. The van der Waals surface area contributed by atoms with Crippen LogP contribution in [0.25, 0.3) is 0 Å². The predicted molar refractivity (Wildman–Crippen MR) is 45.1 cm³/mol. The monoisotopic (exact) mass is 227 g/mol. The first-order valence-electron chi connectivity index (χ1n) is 3.30. The topological polar surface area (TPSA) is 33.1 Å². The third-order valence-electron chi connectivity index (χ3n) is 1.36. The molecule has 6 heteroatoms. The third kappa shape index (κ3) is 2.27. The number of aliphatic hydroxyl groups excluding tert-OH is 1. The summed E-state index contributed by atoms with van der Waals surface area (Å²) in [6.07, 6.45) is -2.79. The summed E-state index contributed by atoms with van der Waals surface area (Å²) in [6, 6.07) is 1.25. The van der Waals surface area contributed by atoms with Gasteiger partial charge in [0, 0.05) is 0 Å². The summed E-state index contributed by atoms with van der Waals surface area (Å²) in [5.41, 5.74) is -0.525. The van der Waals surface area contributed by atoms with Gasteiger partial charge in [0.05, 0.1) is 22.3 Å². The molecule has 13 heavy (non-hydrogen) atoms. The van der Waals surface area contributed by atoms with E-state index in [2.05, 4.69) is 4.98 Å². The summed E-state index contributed by atoms with van der Waals surface area (Å²) >= 11 is 11.0. The maximum Gasteiger partial charge on any atom is 0.281 e. The molecule has 1 heterocycles. The van der Waals surface area contributed by atoms with Gasteiger partial charge in [-0.15, -0.1) is 0 Å². The van der Waals surface area contributed by atoms with Crippen LogP contribution in [0.15, 0.2) is 6.07 Å². The molecule has 0 aromatic carbocycles. The number of hydrogen-bond acceptors (Lipinski definition) is 2. The van der Waals surface area contributed by atoms with Crippen LogP contribution < -0.4 is 0 Å². The van der Waals surface area contributed by atoms with E-state index in [1.807, 2.05) is 0 Å². The highest BCUT2D eigenvalue weighted by molar-refractivity contribution is 6.42. The van der Waals surface area contributed by atoms with Gasteiger partial charge < -0.3 is 5.11 Å². The molecule has 0 fully saturated rings. The Bertz CT molecular complexity index is 320. The van der Waals surface area contributed by atoms with Crippen LogP contribution in [0.4, 0.5) is 8.78 Å². The molecule has 1 aromatic heterocycles. The van der Waals surface area contributed by atoms with E-state index in [1.54, 1.807) is 0 Å². The van der Waals surface area contributed by atoms with Gasteiger partial charge >= 0.3 is 0 Å². The Balaban J connectivity index is 3.25. The summed E-state index contributed by atoms with van der Waals surface area (Å²) in [7, 11) is 0. The summed E-state index contributed by atoms with van der Waals surface area (Å²) in [4.78, 5) is 3.43. The van der Waals surface area contributed by atoms with E-state index < -0.39 is 18.7 Å². The average molecular weight is 228 g/mol. The molecule has 0 aliphatic heterocycles. The Morgan fingerprint density at radius 3 is 2.54 bits per heavy atom. The zero-order valence-corrected chi connectivity index (χ0v) is 7.78. The molecule has 0 aliphatic carbocycles. The first-order valence-corrected chi connectivity index (χ1v) is 4.05. The molecule has 0 saturated carbocycles. The predicted octanol–water partition coefficient (Wildman–Crippen LogP) is 2.82. The van der Waals surface area contributed by atoms with E-state index in [9.17, 15) is 8.78 Å². The van der Waals surface area contributed by atoms with E-state index in [0.29, 0.717) is 0 Å². The maximum atomic E-state index is 12.2. The minimum atomic E-state index is -2.79. The van der Waals surface area contributed by atoms with Crippen molar-refractivity contribution in [2.24, 2.45) is 0 Å². The summed E-state index contributed by atoms with van der Waals surface area (Å²) in [6.45, 7) is -0.448. The normalized spacial score (nSPS) is 10.9. The fourth-order valence-electron chi connectivity index (χ4n) is 0.794. The second-order valence-corrected chi connectivity index (χ2v) is 3.04. The molecule has 0 bridgehead atoms. The Labute approximate surface area is 83.1 Å². The summed E-state index contributed by atoms with van der Waals surface area (Å²) in [5, 5.41) is 8.35. The standard InChI is InChI=1S/C7H5Cl2F2NO/c8-4-1-3(2-13)12-6(5(4)9)7(10)11/h1,7,13H,2H2. The zero-order valence-electron chi connectivity index (χ0n) is 6.27. The van der Waals surface area contributed by atoms with Crippen molar-refractivity contribution in [3.8, 4) is 0 Å². The fourth-order valence-corrected chi connectivity index (χ4v) is 1.20. The second kappa shape index (κ2) is 4.17. The fraction of sp³-hybridized carbons (Fsp3) is 0.286. The second-order valence-electron chi connectivity index (χ2n) is 2.25. The molecule has 0 radical (unpaired) electrons. The number of hydrogen-bond donors (Lipinski definition) is 1. The van der Waals surface area contributed by atoms with Gasteiger partial charge in [0.15, 0.2) is 0 Å². The van der Waals surface area contributed by atoms with Gasteiger partial charge in [0.25, 0.3) is 6.43 Å². The van der Waals surface area contributed by atoms with Gasteiger partial charge in [0.1, 0.15) is 5.69 Å². The molecular formula is C7H5Cl2F2NO. The van der Waals surface area contributed by atoms with E-state index in [0.717, 1.165) is 0 Å². The van der Waals surface area contributed by atoms with Crippen molar-refractivity contribution in [2.75, 3.05) is 0 Å². The lowest BCUT2D eigenvalue weighted by Crippen LogP contribution is -1.98. The van der Waals surface area contributed by atoms with Crippen molar-refractivity contribution in [1.82, 2.24) is 4.98 Å². The lowest BCUT2D eigenvalue weighted by molar-refractivity contribution is 0.145. The van der Waals surface area contributed by atoms with Crippen LogP contribution in [0.5, 0.6) is 0 Å². The van der Waals surface area contributed by atoms with Crippen LogP contribution in [-0.4, -0.2) is 10.1 Å². The Morgan fingerprint density at radius 2 is 2.08 bits per heavy atom. The first kappa shape index (κ1) is 10.6. The molecule has 0 amide bonds. The highest BCUT2D eigenvalue weighted by Gasteiger charge is 2.17. The maximum absolute atomic E-state index is 12.2. The average Bonchev–Trinajstić information content (AvgIpc) is 2.09. The molecule has 1 N–H and O–H groups in total. The van der Waals surface area contributed by atoms with Crippen molar-refractivity contribution in [1.29, 1.82) is 0 Å². The number of halogens is 4. The molecule has 72 valence electrons. The molecule has 0 aliphatic rings. The van der Waals surface area contributed by atoms with Crippen molar-refractivity contribution in [2.45, 2.75) is 13.0 Å². The summed E-state index contributed by atoms with van der Waals surface area (Å²) < 4.78 is 24.5. The van der Waals surface area contributed by atoms with Crippen LogP contribution in [0.3, 0.4) is 0 Å². The van der Waals surface area contributed by atoms with E-state index >= 15 is 0 Å². The molecular weight excluding hydrogens is 223 g/mol. The summed E-state index contributed by atoms with van der Waals surface area (Å²) in [5.74, 6) is 0. The number of pyridine rings is 1. The van der Waals surface area contributed by atoms with Gasteiger partial charge in [-0.05, 0) is 6.07 Å². The zero-order chi connectivity index (χ0) is 10.0. The van der Waals surface area contributed by atoms with Gasteiger partial charge in [-0.3, -0.25) is 0 Å². The molecule has 0 saturated heterocycles. The number of nitrogens with zero attached hydrogens (tertiary/aromatic N) is 1. The third-order valence-corrected chi connectivity index (χ3v) is 2.15. The molecule has 1 aromatic rings. The number of alkyl halides is 2. The van der Waals surface area contributed by atoms with Crippen LogP contribution in [0, 0.1) is 0 Å². The highest BCUT2D eigenvalue weighted by Crippen LogP contribution is 2.31. The SMILES string of the molecule is OCc1cc(Cl)c(Cl)c(C(F)F)n1. The van der Waals surface area contributed by atoms with E-state index in [1.165, 1.54) is 6.07 Å². The molecule has 1 rings (SSSR count). The van der Waals surface area contributed by atoms with Gasteiger partial charge in [-0.25, -0.2) is 13.8 Å². The Kier molecular flexibility index (Phi) is 3.41. The van der Waals surface area contributed by atoms with E-state index in [4.69, 9.17) is 28.3 Å². The quantitative estimate of drug-likeness (QED) is 0.844. The minimum absolute atomic E-state index is 0.0315. The number of aliphatic hydroxyl groups is 1. The molecule has 0 spiro atoms. The largest absolute Gasteiger partial charge is 0.390 e. The lowest BCUT2D eigenvalue weighted by Gasteiger charge is -2.05. The van der Waals surface area contributed by atoms with Crippen molar-refractivity contribution in [3.63, 3.8) is 0 Å². The number of aromatic nitrogens is 1. The van der Waals surface area contributed by atoms with Crippen molar-refractivity contribution < 1.29 is 13.9 Å². The lowest BCUT2D eigenvalue weighted by atomic mass is 10.3. The Hall–Kier alpha value is -0.450. The van der Waals surface area contributed by atoms with Crippen LogP contribution in [0.2, 0.25) is 10.0 Å². The van der Waals surface area contributed by atoms with Gasteiger partial charge in [-0.2, -0.15) is 0 Å². The highest BCUT2D eigenvalue weighted by atomic mass is 35.5. The van der Waals surface area contributed by atoms with Gasteiger partial charge in [-0.1, -0.05) is 23.2 Å². The smallest absolute Gasteiger partial charge is 0.281 e.